The molecule has 3 rings (SSSR count). The van der Waals surface area contributed by atoms with Gasteiger partial charge in [-0.15, -0.1) is 0 Å². The van der Waals surface area contributed by atoms with Crippen LogP contribution in [0.1, 0.15) is 18.1 Å². The molecule has 2 atom stereocenters. The fraction of sp³-hybridized carbons (Fsp3) is 0.812. The Labute approximate surface area is 142 Å². The van der Waals surface area contributed by atoms with Gasteiger partial charge in [-0.25, -0.2) is 4.98 Å². The number of rotatable bonds is 6. The van der Waals surface area contributed by atoms with Gasteiger partial charge in [-0.1, -0.05) is 0 Å². The third-order valence-electron chi connectivity index (χ3n) is 4.97. The van der Waals surface area contributed by atoms with Crippen LogP contribution in [0.15, 0.2) is 0 Å². The van der Waals surface area contributed by atoms with E-state index >= 15 is 0 Å². The number of amides is 1. The van der Waals surface area contributed by atoms with Gasteiger partial charge in [0.05, 0.1) is 13.2 Å². The summed E-state index contributed by atoms with van der Waals surface area (Å²) in [6, 6.07) is 0. The lowest BCUT2D eigenvalue weighted by molar-refractivity contribution is -0.130. The number of morpholine rings is 1. The first-order chi connectivity index (χ1) is 11.7. The Morgan fingerprint density at radius 2 is 2.08 bits per heavy atom. The molecule has 1 aromatic heterocycles. The maximum absolute atomic E-state index is 12.5. The summed E-state index contributed by atoms with van der Waals surface area (Å²) < 4.78 is 5.38. The zero-order chi connectivity index (χ0) is 16.9. The first-order valence-electron chi connectivity index (χ1n) is 8.72. The number of aryl methyl sites for hydroxylation is 2. The molecule has 1 amide bonds. The predicted molar refractivity (Wildman–Crippen MR) is 87.3 cm³/mol. The number of aromatic nitrogens is 3. The van der Waals surface area contributed by atoms with Crippen molar-refractivity contribution in [2.24, 2.45) is 11.8 Å². The van der Waals surface area contributed by atoms with E-state index in [1.807, 2.05) is 11.8 Å². The maximum Gasteiger partial charge on any atom is 0.223 e. The zero-order valence-electron chi connectivity index (χ0n) is 14.3. The van der Waals surface area contributed by atoms with Crippen LogP contribution in [-0.2, 0) is 16.0 Å². The van der Waals surface area contributed by atoms with Crippen LogP contribution >= 0.6 is 0 Å². The van der Waals surface area contributed by atoms with E-state index in [-0.39, 0.29) is 18.4 Å². The number of carbonyl (C=O) groups excluding carboxylic acids is 1. The molecule has 3 heterocycles. The normalized spacial score (nSPS) is 25.3. The van der Waals surface area contributed by atoms with Crippen LogP contribution in [-0.4, -0.2) is 88.5 Å². The molecule has 2 fully saturated rings. The van der Waals surface area contributed by atoms with E-state index in [9.17, 15) is 9.90 Å². The quantitative estimate of drug-likeness (QED) is 0.723. The molecule has 1 aromatic rings. The van der Waals surface area contributed by atoms with Crippen molar-refractivity contribution in [2.75, 3.05) is 52.5 Å². The number of hydrogen-bond donors (Lipinski definition) is 2. The van der Waals surface area contributed by atoms with E-state index in [2.05, 4.69) is 20.1 Å². The molecule has 0 aliphatic carbocycles. The van der Waals surface area contributed by atoms with Gasteiger partial charge in [0, 0.05) is 58.1 Å². The number of aromatic amines is 1. The molecule has 24 heavy (non-hydrogen) atoms. The fourth-order valence-corrected chi connectivity index (χ4v) is 3.55. The molecule has 8 nitrogen and oxygen atoms in total. The van der Waals surface area contributed by atoms with Crippen LogP contribution < -0.4 is 0 Å². The lowest BCUT2D eigenvalue weighted by atomic mass is 9.96. The fourth-order valence-electron chi connectivity index (χ4n) is 3.55. The Balaban J connectivity index is 1.49. The number of ether oxygens (including phenoxy) is 1. The second-order valence-electron chi connectivity index (χ2n) is 6.75. The van der Waals surface area contributed by atoms with E-state index in [1.165, 1.54) is 0 Å². The third-order valence-corrected chi connectivity index (χ3v) is 4.97. The molecule has 0 saturated carbocycles. The number of likely N-dealkylation sites (tertiary alicyclic amines) is 1. The van der Waals surface area contributed by atoms with Crippen molar-refractivity contribution in [2.45, 2.75) is 19.8 Å². The monoisotopic (exact) mass is 337 g/mol. The van der Waals surface area contributed by atoms with Gasteiger partial charge in [0.2, 0.25) is 5.91 Å². The van der Waals surface area contributed by atoms with Gasteiger partial charge in [-0.05, 0) is 12.8 Å². The zero-order valence-corrected chi connectivity index (χ0v) is 14.3. The average Bonchev–Trinajstić information content (AvgIpc) is 3.19. The van der Waals surface area contributed by atoms with Crippen LogP contribution in [0.2, 0.25) is 0 Å². The van der Waals surface area contributed by atoms with E-state index in [1.54, 1.807) is 0 Å². The number of aliphatic hydroxyl groups is 1. The summed E-state index contributed by atoms with van der Waals surface area (Å²) in [6.45, 7) is 7.72. The highest BCUT2D eigenvalue weighted by Crippen LogP contribution is 2.25. The van der Waals surface area contributed by atoms with E-state index in [4.69, 9.17) is 4.74 Å². The Kier molecular flexibility index (Phi) is 5.80. The topological polar surface area (TPSA) is 94.6 Å². The Bertz CT molecular complexity index is 544. The molecule has 2 saturated heterocycles. The molecule has 0 bridgehead atoms. The molecule has 0 aromatic carbocycles. The molecule has 0 spiro atoms. The summed E-state index contributed by atoms with van der Waals surface area (Å²) in [5.74, 6) is 2.08. The van der Waals surface area contributed by atoms with Gasteiger partial charge in [-0.3, -0.25) is 14.8 Å². The molecule has 0 unspecified atom stereocenters. The summed E-state index contributed by atoms with van der Waals surface area (Å²) in [4.78, 5) is 21.0. The van der Waals surface area contributed by atoms with Crippen molar-refractivity contribution >= 4 is 5.91 Å². The predicted octanol–water partition coefficient (Wildman–Crippen LogP) is -0.555. The van der Waals surface area contributed by atoms with Gasteiger partial charge in [0.1, 0.15) is 5.82 Å². The molecule has 2 N–H and O–H groups in total. The molecule has 2 aliphatic heterocycles. The van der Waals surface area contributed by atoms with Crippen molar-refractivity contribution in [3.05, 3.63) is 11.6 Å². The Hall–Kier alpha value is -1.51. The van der Waals surface area contributed by atoms with Gasteiger partial charge in [0.15, 0.2) is 5.82 Å². The third kappa shape index (κ3) is 4.31. The first-order valence-corrected chi connectivity index (χ1v) is 8.72. The minimum atomic E-state index is 0.125. The maximum atomic E-state index is 12.5. The van der Waals surface area contributed by atoms with Crippen LogP contribution in [0.25, 0.3) is 0 Å². The van der Waals surface area contributed by atoms with Gasteiger partial charge in [-0.2, -0.15) is 5.10 Å². The molecule has 0 radical (unpaired) electrons. The summed E-state index contributed by atoms with van der Waals surface area (Å²) in [5.41, 5.74) is 0. The summed E-state index contributed by atoms with van der Waals surface area (Å²) >= 11 is 0. The van der Waals surface area contributed by atoms with Crippen LogP contribution in [0.3, 0.4) is 0 Å². The second kappa shape index (κ2) is 8.04. The highest BCUT2D eigenvalue weighted by atomic mass is 16.5. The number of nitrogens with zero attached hydrogens (tertiary/aromatic N) is 4. The highest BCUT2D eigenvalue weighted by Gasteiger charge is 2.35. The molecule has 8 heteroatoms. The van der Waals surface area contributed by atoms with Crippen molar-refractivity contribution in [1.82, 2.24) is 25.0 Å². The molecule has 2 aliphatic rings. The smallest absolute Gasteiger partial charge is 0.223 e. The summed E-state index contributed by atoms with van der Waals surface area (Å²) in [7, 11) is 0. The number of hydrogen-bond acceptors (Lipinski definition) is 6. The standard InChI is InChI=1S/C16H27N5O3/c1-12-17-15(19-18-12)2-3-16(23)21-9-13(14(10-21)11-22)8-20-4-6-24-7-5-20/h13-14,22H,2-11H2,1H3,(H,17,18,19)/t13-,14-/m1/s1. The van der Waals surface area contributed by atoms with Crippen molar-refractivity contribution in [1.29, 1.82) is 0 Å². The molecule has 134 valence electrons. The summed E-state index contributed by atoms with van der Waals surface area (Å²) in [6.07, 6.45) is 0.970. The summed E-state index contributed by atoms with van der Waals surface area (Å²) in [5, 5.41) is 16.5. The number of nitrogens with one attached hydrogen (secondary N) is 1. The lowest BCUT2D eigenvalue weighted by Gasteiger charge is -2.30. The van der Waals surface area contributed by atoms with Crippen molar-refractivity contribution < 1.29 is 14.6 Å². The lowest BCUT2D eigenvalue weighted by Crippen LogP contribution is -2.41. The van der Waals surface area contributed by atoms with E-state index in [0.717, 1.165) is 45.2 Å². The Morgan fingerprint density at radius 3 is 2.75 bits per heavy atom. The van der Waals surface area contributed by atoms with E-state index in [0.29, 0.717) is 31.1 Å². The number of carbonyl (C=O) groups is 1. The number of H-pyrrole nitrogens is 1. The van der Waals surface area contributed by atoms with Gasteiger partial charge >= 0.3 is 0 Å². The Morgan fingerprint density at radius 1 is 1.33 bits per heavy atom. The average molecular weight is 337 g/mol. The highest BCUT2D eigenvalue weighted by molar-refractivity contribution is 5.76. The molecular formula is C16H27N5O3. The largest absolute Gasteiger partial charge is 0.396 e. The first kappa shape index (κ1) is 17.3. The van der Waals surface area contributed by atoms with Crippen LogP contribution in [0, 0.1) is 18.8 Å². The molecular weight excluding hydrogens is 310 g/mol. The minimum absolute atomic E-state index is 0.125. The van der Waals surface area contributed by atoms with E-state index < -0.39 is 0 Å². The second-order valence-corrected chi connectivity index (χ2v) is 6.75. The van der Waals surface area contributed by atoms with Crippen LogP contribution in [0.5, 0.6) is 0 Å². The SMILES string of the molecule is Cc1nc(CCC(=O)N2C[C@@H](CN3CCOCC3)[C@@H](CO)C2)n[nH]1. The van der Waals surface area contributed by atoms with Gasteiger partial charge < -0.3 is 14.7 Å². The van der Waals surface area contributed by atoms with Crippen molar-refractivity contribution in [3.8, 4) is 0 Å². The van der Waals surface area contributed by atoms with Crippen LogP contribution in [0.4, 0.5) is 0 Å². The minimum Gasteiger partial charge on any atom is -0.396 e. The van der Waals surface area contributed by atoms with Gasteiger partial charge in [0.25, 0.3) is 0 Å². The van der Waals surface area contributed by atoms with Crippen molar-refractivity contribution in [3.63, 3.8) is 0 Å². The number of aliphatic hydroxyl groups excluding tert-OH is 1.